The van der Waals surface area contributed by atoms with Gasteiger partial charge < -0.3 is 19.3 Å². The zero-order valence-corrected chi connectivity index (χ0v) is 21.4. The molecule has 9 nitrogen and oxygen atoms in total. The Morgan fingerprint density at radius 1 is 0.897 bits per heavy atom. The summed E-state index contributed by atoms with van der Waals surface area (Å²) in [5.74, 6) is -0.753. The van der Waals surface area contributed by atoms with Crippen molar-refractivity contribution in [2.75, 3.05) is 5.32 Å². The summed E-state index contributed by atoms with van der Waals surface area (Å²) in [4.78, 5) is 51.2. The molecule has 1 heterocycles. The largest absolute Gasteiger partial charge is 0.489 e. The van der Waals surface area contributed by atoms with Gasteiger partial charge in [-0.2, -0.15) is 0 Å². The van der Waals surface area contributed by atoms with Gasteiger partial charge in [0.25, 0.3) is 5.91 Å². The second-order valence-electron chi connectivity index (χ2n) is 9.12. The summed E-state index contributed by atoms with van der Waals surface area (Å²) in [7, 11) is 0. The Kier molecular flexibility index (Phi) is 6.81. The monoisotopic (exact) mass is 524 g/mol. The third-order valence-electron chi connectivity index (χ3n) is 6.48. The van der Waals surface area contributed by atoms with Crippen molar-refractivity contribution in [3.05, 3.63) is 112 Å². The van der Waals surface area contributed by atoms with Crippen LogP contribution in [-0.4, -0.2) is 34.7 Å². The van der Waals surface area contributed by atoms with Gasteiger partial charge in [-0.25, -0.2) is 4.79 Å². The number of nitrogens with zero attached hydrogens (tertiary/aromatic N) is 1. The molecule has 0 saturated carbocycles. The number of carbonyl (C=O) groups excluding carboxylic acids is 4. The molecule has 0 radical (unpaired) electrons. The Bertz CT molecular complexity index is 1620. The van der Waals surface area contributed by atoms with E-state index in [1.807, 2.05) is 6.92 Å². The molecule has 1 atom stereocenters. The number of aromatic nitrogens is 1. The molecule has 3 aromatic carbocycles. The van der Waals surface area contributed by atoms with E-state index < -0.39 is 18.0 Å². The number of fused-ring (bicyclic) bond motifs is 2. The van der Waals surface area contributed by atoms with Gasteiger partial charge in [0, 0.05) is 27.9 Å². The third-order valence-corrected chi connectivity index (χ3v) is 6.48. The van der Waals surface area contributed by atoms with E-state index in [1.54, 1.807) is 49.4 Å². The highest BCUT2D eigenvalue weighted by molar-refractivity contribution is 6.28. The van der Waals surface area contributed by atoms with Crippen molar-refractivity contribution < 1.29 is 33.2 Å². The molecule has 1 N–H and O–H groups in total. The number of anilines is 1. The van der Waals surface area contributed by atoms with Crippen molar-refractivity contribution in [1.29, 1.82) is 0 Å². The second kappa shape index (κ2) is 10.4. The Morgan fingerprint density at radius 2 is 1.59 bits per heavy atom. The first-order valence-corrected chi connectivity index (χ1v) is 12.2. The maximum atomic E-state index is 12.9. The van der Waals surface area contributed by atoms with Gasteiger partial charge in [-0.1, -0.05) is 35.5 Å². The van der Waals surface area contributed by atoms with Crippen LogP contribution in [0.5, 0.6) is 5.75 Å². The van der Waals surface area contributed by atoms with Gasteiger partial charge >= 0.3 is 5.97 Å². The number of hydrogen-bond acceptors (Lipinski definition) is 8. The van der Waals surface area contributed by atoms with Crippen molar-refractivity contribution >= 4 is 29.1 Å². The van der Waals surface area contributed by atoms with Crippen molar-refractivity contribution in [2.45, 2.75) is 33.5 Å². The molecule has 39 heavy (non-hydrogen) atoms. The van der Waals surface area contributed by atoms with Crippen LogP contribution in [0, 0.1) is 13.8 Å². The van der Waals surface area contributed by atoms with E-state index in [9.17, 15) is 19.2 Å². The highest BCUT2D eigenvalue weighted by Crippen LogP contribution is 2.29. The third kappa shape index (κ3) is 5.06. The normalized spacial score (nSPS) is 12.8. The summed E-state index contributed by atoms with van der Waals surface area (Å²) >= 11 is 0. The van der Waals surface area contributed by atoms with Gasteiger partial charge in [-0.05, 0) is 57.2 Å². The number of rotatable bonds is 7. The van der Waals surface area contributed by atoms with Crippen molar-refractivity contribution in [3.8, 4) is 5.75 Å². The lowest BCUT2D eigenvalue weighted by atomic mass is 9.84. The van der Waals surface area contributed by atoms with Crippen LogP contribution in [0.3, 0.4) is 0 Å². The highest BCUT2D eigenvalue weighted by Gasteiger charge is 2.30. The van der Waals surface area contributed by atoms with Gasteiger partial charge in [-0.15, -0.1) is 0 Å². The van der Waals surface area contributed by atoms with Gasteiger partial charge in [0.1, 0.15) is 18.1 Å². The molecular formula is C30H24N2O7. The fraction of sp³-hybridized carbons (Fsp3) is 0.167. The number of amides is 1. The molecule has 0 fully saturated rings. The van der Waals surface area contributed by atoms with Crippen LogP contribution < -0.4 is 10.1 Å². The number of nitrogens with one attached hydrogen (secondary N) is 1. The predicted octanol–water partition coefficient (Wildman–Crippen LogP) is 4.83. The average Bonchev–Trinajstić information content (AvgIpc) is 3.27. The first kappa shape index (κ1) is 25.6. The van der Waals surface area contributed by atoms with Gasteiger partial charge in [0.05, 0.1) is 16.8 Å². The van der Waals surface area contributed by atoms with Crippen LogP contribution in [0.1, 0.15) is 66.1 Å². The standard InChI is InChI=1S/C30H24N2O7/c1-16-26(17(2)39-32-16)15-37-21-8-6-7-19(13-21)30(36)38-18(3)29(35)31-20-11-12-24-25(14-20)28(34)23-10-5-4-9-22(23)27(24)33/h4-14,18H,15H2,1-3H3,(H,31,35). The maximum absolute atomic E-state index is 12.9. The van der Waals surface area contributed by atoms with Crippen LogP contribution >= 0.6 is 0 Å². The fourth-order valence-electron chi connectivity index (χ4n) is 4.28. The second-order valence-corrected chi connectivity index (χ2v) is 9.12. The molecule has 0 bridgehead atoms. The van der Waals surface area contributed by atoms with Crippen LogP contribution in [0.15, 0.2) is 71.3 Å². The van der Waals surface area contributed by atoms with E-state index in [1.165, 1.54) is 31.2 Å². The lowest BCUT2D eigenvalue weighted by Crippen LogP contribution is -2.30. The zero-order valence-electron chi connectivity index (χ0n) is 21.4. The Hall–Kier alpha value is -5.05. The molecular weight excluding hydrogens is 500 g/mol. The molecule has 0 aliphatic heterocycles. The Balaban J connectivity index is 1.23. The SMILES string of the molecule is Cc1noc(C)c1COc1cccc(C(=O)OC(C)C(=O)Nc2ccc3c(c2)C(=O)c2ccccc2C3=O)c1. The summed E-state index contributed by atoms with van der Waals surface area (Å²) in [5.41, 5.74) is 3.21. The summed E-state index contributed by atoms with van der Waals surface area (Å²) in [6.07, 6.45) is -1.14. The van der Waals surface area contributed by atoms with Gasteiger partial charge in [0.2, 0.25) is 0 Å². The molecule has 9 heteroatoms. The van der Waals surface area contributed by atoms with E-state index in [-0.39, 0.29) is 34.9 Å². The van der Waals surface area contributed by atoms with Crippen LogP contribution in [0.4, 0.5) is 5.69 Å². The maximum Gasteiger partial charge on any atom is 0.339 e. The highest BCUT2D eigenvalue weighted by atomic mass is 16.5. The van der Waals surface area contributed by atoms with E-state index in [2.05, 4.69) is 10.5 Å². The molecule has 5 rings (SSSR count). The first-order chi connectivity index (χ1) is 18.7. The Morgan fingerprint density at radius 3 is 2.28 bits per heavy atom. The molecule has 1 amide bonds. The average molecular weight is 525 g/mol. The van der Waals surface area contributed by atoms with E-state index in [0.717, 1.165) is 11.3 Å². The molecule has 1 unspecified atom stereocenters. The summed E-state index contributed by atoms with van der Waals surface area (Å²) in [6.45, 7) is 5.27. The van der Waals surface area contributed by atoms with Crippen molar-refractivity contribution in [1.82, 2.24) is 5.16 Å². The molecule has 196 valence electrons. The lowest BCUT2D eigenvalue weighted by molar-refractivity contribution is -0.123. The summed E-state index contributed by atoms with van der Waals surface area (Å²) in [5, 5.41) is 6.54. The summed E-state index contributed by atoms with van der Waals surface area (Å²) in [6, 6.07) is 17.5. The smallest absolute Gasteiger partial charge is 0.339 e. The summed E-state index contributed by atoms with van der Waals surface area (Å²) < 4.78 is 16.3. The molecule has 4 aromatic rings. The Labute approximate surface area is 223 Å². The number of hydrogen-bond donors (Lipinski definition) is 1. The van der Waals surface area contributed by atoms with Gasteiger partial charge in [0.15, 0.2) is 17.7 Å². The van der Waals surface area contributed by atoms with E-state index in [0.29, 0.717) is 28.3 Å². The minimum absolute atomic E-state index is 0.203. The number of aryl methyl sites for hydroxylation is 2. The number of benzene rings is 3. The van der Waals surface area contributed by atoms with Crippen molar-refractivity contribution in [2.24, 2.45) is 0 Å². The van der Waals surface area contributed by atoms with Crippen molar-refractivity contribution in [3.63, 3.8) is 0 Å². The van der Waals surface area contributed by atoms with E-state index >= 15 is 0 Å². The number of esters is 1. The minimum Gasteiger partial charge on any atom is -0.489 e. The van der Waals surface area contributed by atoms with Gasteiger partial charge in [-0.3, -0.25) is 14.4 Å². The lowest BCUT2D eigenvalue weighted by Gasteiger charge is -2.19. The molecule has 1 aromatic heterocycles. The minimum atomic E-state index is -1.14. The number of ketones is 2. The molecule has 1 aliphatic carbocycles. The molecule has 0 spiro atoms. The van der Waals surface area contributed by atoms with Crippen LogP contribution in [0.25, 0.3) is 0 Å². The van der Waals surface area contributed by atoms with E-state index in [4.69, 9.17) is 14.0 Å². The fourth-order valence-corrected chi connectivity index (χ4v) is 4.28. The number of ether oxygens (including phenoxy) is 2. The first-order valence-electron chi connectivity index (χ1n) is 12.2. The molecule has 0 saturated heterocycles. The zero-order chi connectivity index (χ0) is 27.7. The predicted molar refractivity (Wildman–Crippen MR) is 140 cm³/mol. The topological polar surface area (TPSA) is 125 Å². The number of carbonyl (C=O) groups is 4. The van der Waals surface area contributed by atoms with Crippen LogP contribution in [-0.2, 0) is 16.1 Å². The quantitative estimate of drug-likeness (QED) is 0.300. The van der Waals surface area contributed by atoms with Crippen LogP contribution in [0.2, 0.25) is 0 Å². The molecule has 1 aliphatic rings.